The molecule has 0 aromatic carbocycles. The van der Waals surface area contributed by atoms with Crippen molar-refractivity contribution in [3.8, 4) is 0 Å². The average Bonchev–Trinajstić information content (AvgIpc) is 2.97. The van der Waals surface area contributed by atoms with Crippen molar-refractivity contribution in [3.63, 3.8) is 0 Å². The van der Waals surface area contributed by atoms with Gasteiger partial charge in [0.2, 0.25) is 0 Å². The van der Waals surface area contributed by atoms with Gasteiger partial charge in [-0.2, -0.15) is 0 Å². The number of carbonyl (C=O) groups is 1. The highest BCUT2D eigenvalue weighted by Crippen LogP contribution is 2.46. The summed E-state index contributed by atoms with van der Waals surface area (Å²) in [6.45, 7) is 5.79. The summed E-state index contributed by atoms with van der Waals surface area (Å²) in [5, 5.41) is 0.991. The zero-order valence-corrected chi connectivity index (χ0v) is 12.7. The van der Waals surface area contributed by atoms with Gasteiger partial charge in [0.05, 0.1) is 10.7 Å². The lowest BCUT2D eigenvalue weighted by Crippen LogP contribution is -2.42. The summed E-state index contributed by atoms with van der Waals surface area (Å²) in [4.78, 5) is 19.8. The van der Waals surface area contributed by atoms with Crippen LogP contribution in [-0.2, 0) is 0 Å². The Morgan fingerprint density at radius 1 is 1.16 bits per heavy atom. The van der Waals surface area contributed by atoms with Crippen molar-refractivity contribution in [2.24, 2.45) is 5.41 Å². The first-order chi connectivity index (χ1) is 9.10. The number of thiazole rings is 1. The lowest BCUT2D eigenvalue weighted by atomic mass is 9.77. The third-order valence-corrected chi connectivity index (χ3v) is 5.93. The molecule has 1 aliphatic heterocycles. The van der Waals surface area contributed by atoms with Crippen molar-refractivity contribution < 1.29 is 4.79 Å². The van der Waals surface area contributed by atoms with Crippen molar-refractivity contribution in [2.75, 3.05) is 13.1 Å². The Morgan fingerprint density at radius 3 is 2.32 bits per heavy atom. The lowest BCUT2D eigenvalue weighted by Gasteiger charge is -2.39. The van der Waals surface area contributed by atoms with Gasteiger partial charge in [0.1, 0.15) is 4.88 Å². The lowest BCUT2D eigenvalue weighted by molar-refractivity contribution is 0.0591. The molecule has 3 nitrogen and oxygen atoms in total. The molecular weight excluding hydrogens is 256 g/mol. The Morgan fingerprint density at radius 2 is 1.79 bits per heavy atom. The molecular formula is C15H22N2OS. The molecule has 2 aliphatic rings. The minimum absolute atomic E-state index is 0.205. The Bertz CT molecular complexity index is 478. The van der Waals surface area contributed by atoms with Crippen LogP contribution in [0.15, 0.2) is 0 Å². The van der Waals surface area contributed by atoms with Gasteiger partial charge >= 0.3 is 0 Å². The minimum Gasteiger partial charge on any atom is -0.338 e. The van der Waals surface area contributed by atoms with Gasteiger partial charge in [0, 0.05) is 13.1 Å². The molecule has 104 valence electrons. The van der Waals surface area contributed by atoms with E-state index in [4.69, 9.17) is 0 Å². The molecule has 1 amide bonds. The molecule has 1 saturated heterocycles. The first kappa shape index (κ1) is 13.1. The quantitative estimate of drug-likeness (QED) is 0.787. The first-order valence-electron chi connectivity index (χ1n) is 7.33. The SMILES string of the molecule is Cc1nc(C)c(C(=O)N2CCC3(CCCC3)CC2)s1. The van der Waals surface area contributed by atoms with Gasteiger partial charge in [-0.15, -0.1) is 11.3 Å². The van der Waals surface area contributed by atoms with E-state index >= 15 is 0 Å². The smallest absolute Gasteiger partial charge is 0.265 e. The zero-order valence-electron chi connectivity index (χ0n) is 11.9. The Hall–Kier alpha value is -0.900. The number of hydrogen-bond donors (Lipinski definition) is 0. The molecule has 0 radical (unpaired) electrons. The normalized spacial score (nSPS) is 22.1. The predicted octanol–water partition coefficient (Wildman–Crippen LogP) is 3.56. The largest absolute Gasteiger partial charge is 0.338 e. The fourth-order valence-electron chi connectivity index (χ4n) is 3.68. The molecule has 0 atom stereocenters. The summed E-state index contributed by atoms with van der Waals surface area (Å²) in [6.07, 6.45) is 7.95. The highest BCUT2D eigenvalue weighted by atomic mass is 32.1. The summed E-state index contributed by atoms with van der Waals surface area (Å²) in [5.74, 6) is 0.205. The van der Waals surface area contributed by atoms with Crippen LogP contribution >= 0.6 is 11.3 Å². The zero-order chi connectivity index (χ0) is 13.5. The van der Waals surface area contributed by atoms with Crippen LogP contribution in [0, 0.1) is 19.3 Å². The molecule has 19 heavy (non-hydrogen) atoms. The third kappa shape index (κ3) is 2.42. The molecule has 1 aromatic heterocycles. The van der Waals surface area contributed by atoms with Crippen LogP contribution in [0.4, 0.5) is 0 Å². The number of carbonyl (C=O) groups excluding carboxylic acids is 1. The molecule has 1 spiro atoms. The predicted molar refractivity (Wildman–Crippen MR) is 77.6 cm³/mol. The van der Waals surface area contributed by atoms with Crippen molar-refractivity contribution in [1.29, 1.82) is 0 Å². The third-order valence-electron chi connectivity index (χ3n) is 4.87. The van der Waals surface area contributed by atoms with E-state index in [-0.39, 0.29) is 5.91 Å². The highest BCUT2D eigenvalue weighted by Gasteiger charge is 2.38. The number of likely N-dealkylation sites (tertiary alicyclic amines) is 1. The number of aromatic nitrogens is 1. The monoisotopic (exact) mass is 278 g/mol. The summed E-state index contributed by atoms with van der Waals surface area (Å²) in [5.41, 5.74) is 1.48. The minimum atomic E-state index is 0.205. The second-order valence-corrected chi connectivity index (χ2v) is 7.35. The number of rotatable bonds is 1. The molecule has 4 heteroatoms. The van der Waals surface area contributed by atoms with Gasteiger partial charge in [-0.25, -0.2) is 4.98 Å². The van der Waals surface area contributed by atoms with Crippen LogP contribution in [0.25, 0.3) is 0 Å². The highest BCUT2D eigenvalue weighted by molar-refractivity contribution is 7.13. The van der Waals surface area contributed by atoms with Gasteiger partial charge in [-0.1, -0.05) is 12.8 Å². The van der Waals surface area contributed by atoms with E-state index in [1.165, 1.54) is 49.9 Å². The fourth-order valence-corrected chi connectivity index (χ4v) is 4.57. The van der Waals surface area contributed by atoms with Crippen molar-refractivity contribution in [1.82, 2.24) is 9.88 Å². The van der Waals surface area contributed by atoms with E-state index in [0.717, 1.165) is 28.7 Å². The maximum atomic E-state index is 12.5. The Kier molecular flexibility index (Phi) is 3.37. The van der Waals surface area contributed by atoms with E-state index in [9.17, 15) is 4.79 Å². The fraction of sp³-hybridized carbons (Fsp3) is 0.733. The van der Waals surface area contributed by atoms with E-state index in [1.807, 2.05) is 18.7 Å². The molecule has 3 rings (SSSR count). The molecule has 1 saturated carbocycles. The van der Waals surface area contributed by atoms with Gasteiger partial charge < -0.3 is 4.90 Å². The second kappa shape index (κ2) is 4.89. The van der Waals surface area contributed by atoms with Crippen LogP contribution in [-0.4, -0.2) is 28.9 Å². The molecule has 2 heterocycles. The van der Waals surface area contributed by atoms with Gasteiger partial charge in [0.15, 0.2) is 0 Å². The standard InChI is InChI=1S/C15H22N2OS/c1-11-13(19-12(2)16-11)14(18)17-9-7-15(8-10-17)5-3-4-6-15/h3-10H2,1-2H3. The summed E-state index contributed by atoms with van der Waals surface area (Å²) in [7, 11) is 0. The van der Waals surface area contributed by atoms with E-state index < -0.39 is 0 Å². The first-order valence-corrected chi connectivity index (χ1v) is 8.15. The van der Waals surface area contributed by atoms with Crippen molar-refractivity contribution in [2.45, 2.75) is 52.4 Å². The summed E-state index contributed by atoms with van der Waals surface area (Å²) < 4.78 is 0. The maximum absolute atomic E-state index is 12.5. The van der Waals surface area contributed by atoms with E-state index in [2.05, 4.69) is 4.98 Å². The topological polar surface area (TPSA) is 33.2 Å². The number of piperidine rings is 1. The Balaban J connectivity index is 1.68. The van der Waals surface area contributed by atoms with Crippen LogP contribution in [0.5, 0.6) is 0 Å². The van der Waals surface area contributed by atoms with Crippen LogP contribution < -0.4 is 0 Å². The number of nitrogens with zero attached hydrogens (tertiary/aromatic N) is 2. The molecule has 1 aromatic rings. The second-order valence-electron chi connectivity index (χ2n) is 6.15. The Labute approximate surface area is 119 Å². The van der Waals surface area contributed by atoms with Gasteiger partial charge in [-0.3, -0.25) is 4.79 Å². The van der Waals surface area contributed by atoms with Gasteiger partial charge in [-0.05, 0) is 44.9 Å². The average molecular weight is 278 g/mol. The maximum Gasteiger partial charge on any atom is 0.265 e. The van der Waals surface area contributed by atoms with Crippen LogP contribution in [0.3, 0.4) is 0 Å². The molecule has 0 bridgehead atoms. The van der Waals surface area contributed by atoms with Crippen LogP contribution in [0.2, 0.25) is 0 Å². The van der Waals surface area contributed by atoms with E-state index in [1.54, 1.807) is 0 Å². The molecule has 2 fully saturated rings. The molecule has 0 unspecified atom stereocenters. The van der Waals surface area contributed by atoms with E-state index in [0.29, 0.717) is 5.41 Å². The summed E-state index contributed by atoms with van der Waals surface area (Å²) >= 11 is 1.54. The molecule has 1 aliphatic carbocycles. The molecule has 0 N–H and O–H groups in total. The summed E-state index contributed by atoms with van der Waals surface area (Å²) in [6, 6.07) is 0. The van der Waals surface area contributed by atoms with Gasteiger partial charge in [0.25, 0.3) is 5.91 Å². The number of hydrogen-bond acceptors (Lipinski definition) is 3. The number of aryl methyl sites for hydroxylation is 2. The number of amides is 1. The van der Waals surface area contributed by atoms with Crippen molar-refractivity contribution in [3.05, 3.63) is 15.6 Å². The van der Waals surface area contributed by atoms with Crippen LogP contribution in [0.1, 0.15) is 58.9 Å². The van der Waals surface area contributed by atoms with Crippen molar-refractivity contribution >= 4 is 17.2 Å².